The summed E-state index contributed by atoms with van der Waals surface area (Å²) in [5.74, 6) is 3.77. The number of hydrogen-bond donors (Lipinski definition) is 0. The summed E-state index contributed by atoms with van der Waals surface area (Å²) in [4.78, 5) is 0. The van der Waals surface area contributed by atoms with Gasteiger partial charge < -0.3 is 23.7 Å². The average molecular weight is 346 g/mol. The van der Waals surface area contributed by atoms with E-state index >= 15 is 0 Å². The second-order valence-corrected chi connectivity index (χ2v) is 5.55. The Morgan fingerprint density at radius 3 is 1.72 bits per heavy atom. The van der Waals surface area contributed by atoms with Crippen molar-refractivity contribution in [1.82, 2.24) is 0 Å². The van der Waals surface area contributed by atoms with Crippen LogP contribution in [-0.2, 0) is 12.8 Å². The van der Waals surface area contributed by atoms with Crippen molar-refractivity contribution in [3.63, 3.8) is 0 Å². The lowest BCUT2D eigenvalue weighted by Crippen LogP contribution is -2.00. The van der Waals surface area contributed by atoms with Crippen LogP contribution in [0.3, 0.4) is 0 Å². The summed E-state index contributed by atoms with van der Waals surface area (Å²) in [6.07, 6.45) is 2.71. The van der Waals surface area contributed by atoms with Crippen LogP contribution in [0.1, 0.15) is 17.5 Å². The van der Waals surface area contributed by atoms with Crippen molar-refractivity contribution >= 4 is 0 Å². The lowest BCUT2D eigenvalue weighted by Gasteiger charge is -2.15. The molecule has 2 aromatic carbocycles. The molecule has 0 bridgehead atoms. The molecule has 0 spiro atoms. The monoisotopic (exact) mass is 346 g/mol. The summed E-state index contributed by atoms with van der Waals surface area (Å²) < 4.78 is 26.9. The van der Waals surface area contributed by atoms with Crippen LogP contribution in [0.5, 0.6) is 28.7 Å². The van der Waals surface area contributed by atoms with Crippen molar-refractivity contribution in [3.8, 4) is 28.7 Å². The van der Waals surface area contributed by atoms with E-state index in [-0.39, 0.29) is 0 Å². The van der Waals surface area contributed by atoms with Gasteiger partial charge in [-0.1, -0.05) is 6.07 Å². The van der Waals surface area contributed by atoms with Gasteiger partial charge in [-0.25, -0.2) is 0 Å². The molecule has 0 radical (unpaired) electrons. The maximum absolute atomic E-state index is 5.50. The smallest absolute Gasteiger partial charge is 0.160 e. The lowest BCUT2D eigenvalue weighted by molar-refractivity contribution is 0.354. The van der Waals surface area contributed by atoms with Crippen LogP contribution in [0.4, 0.5) is 0 Å². The molecule has 0 N–H and O–H groups in total. The molecule has 2 rings (SSSR count). The summed E-state index contributed by atoms with van der Waals surface area (Å²) in [7, 11) is 8.23. The summed E-state index contributed by atoms with van der Waals surface area (Å²) in [6.45, 7) is 0. The van der Waals surface area contributed by atoms with Crippen LogP contribution >= 0.6 is 0 Å². The van der Waals surface area contributed by atoms with E-state index in [0.717, 1.165) is 53.6 Å². The lowest BCUT2D eigenvalue weighted by atomic mass is 10.0. The number of rotatable bonds is 9. The second kappa shape index (κ2) is 9.06. The Bertz CT molecular complexity index is 671. The van der Waals surface area contributed by atoms with Crippen molar-refractivity contribution in [1.29, 1.82) is 0 Å². The molecule has 0 saturated heterocycles. The van der Waals surface area contributed by atoms with E-state index in [1.165, 1.54) is 5.56 Å². The van der Waals surface area contributed by atoms with Gasteiger partial charge in [0.15, 0.2) is 11.5 Å². The summed E-state index contributed by atoms with van der Waals surface area (Å²) >= 11 is 0. The van der Waals surface area contributed by atoms with Crippen LogP contribution in [0, 0.1) is 0 Å². The highest BCUT2D eigenvalue weighted by molar-refractivity contribution is 5.51. The topological polar surface area (TPSA) is 46.2 Å². The molecule has 0 aliphatic rings. The number of methoxy groups -OCH3 is 5. The first-order valence-corrected chi connectivity index (χ1v) is 8.16. The molecule has 0 unspecified atom stereocenters. The highest BCUT2D eigenvalue weighted by Crippen LogP contribution is 2.35. The van der Waals surface area contributed by atoms with Crippen molar-refractivity contribution in [2.45, 2.75) is 19.3 Å². The molecule has 0 aliphatic carbocycles. The van der Waals surface area contributed by atoms with Crippen molar-refractivity contribution in [3.05, 3.63) is 41.5 Å². The minimum atomic E-state index is 0.720. The molecule has 0 heterocycles. The van der Waals surface area contributed by atoms with Gasteiger partial charge in [0.1, 0.15) is 17.2 Å². The molecule has 0 aliphatic heterocycles. The Hall–Kier alpha value is -2.56. The molecule has 5 nitrogen and oxygen atoms in total. The maximum Gasteiger partial charge on any atom is 0.160 e. The zero-order valence-electron chi connectivity index (χ0n) is 15.5. The van der Waals surface area contributed by atoms with Crippen molar-refractivity contribution in [2.24, 2.45) is 0 Å². The van der Waals surface area contributed by atoms with Gasteiger partial charge >= 0.3 is 0 Å². The first kappa shape index (κ1) is 18.8. The predicted molar refractivity (Wildman–Crippen MR) is 97.7 cm³/mol. The minimum Gasteiger partial charge on any atom is -0.496 e. The van der Waals surface area contributed by atoms with Crippen LogP contribution in [-0.4, -0.2) is 35.5 Å². The molecular weight excluding hydrogens is 320 g/mol. The van der Waals surface area contributed by atoms with Crippen LogP contribution in [0.15, 0.2) is 30.3 Å². The Morgan fingerprint density at radius 2 is 1.20 bits per heavy atom. The molecule has 136 valence electrons. The Balaban J connectivity index is 2.11. The quantitative estimate of drug-likeness (QED) is 0.689. The second-order valence-electron chi connectivity index (χ2n) is 5.55. The fraction of sp³-hybridized carbons (Fsp3) is 0.400. The molecule has 0 atom stereocenters. The normalized spacial score (nSPS) is 10.3. The third kappa shape index (κ3) is 4.50. The first-order valence-electron chi connectivity index (χ1n) is 8.16. The third-order valence-electron chi connectivity index (χ3n) is 4.16. The Kier molecular flexibility index (Phi) is 6.81. The van der Waals surface area contributed by atoms with E-state index in [1.54, 1.807) is 35.5 Å². The number of benzene rings is 2. The fourth-order valence-corrected chi connectivity index (χ4v) is 2.83. The Morgan fingerprint density at radius 1 is 0.600 bits per heavy atom. The highest BCUT2D eigenvalue weighted by Gasteiger charge is 2.13. The van der Waals surface area contributed by atoms with E-state index < -0.39 is 0 Å². The van der Waals surface area contributed by atoms with E-state index in [0.29, 0.717) is 0 Å². The first-order chi connectivity index (χ1) is 12.2. The minimum absolute atomic E-state index is 0.720. The zero-order valence-corrected chi connectivity index (χ0v) is 15.5. The van der Waals surface area contributed by atoms with Crippen LogP contribution in [0.2, 0.25) is 0 Å². The van der Waals surface area contributed by atoms with E-state index in [2.05, 4.69) is 6.07 Å². The van der Waals surface area contributed by atoms with E-state index in [9.17, 15) is 0 Å². The molecule has 0 fully saturated rings. The van der Waals surface area contributed by atoms with Gasteiger partial charge in [-0.15, -0.1) is 0 Å². The number of ether oxygens (including phenoxy) is 5. The Labute approximate surface area is 149 Å². The molecule has 25 heavy (non-hydrogen) atoms. The highest BCUT2D eigenvalue weighted by atomic mass is 16.5. The standard InChI is InChI=1S/C20H26O5/c1-21-15-12-18(23-3)16(19(13-15)24-4)8-6-7-14-9-10-17(22-2)20(11-14)25-5/h9-13H,6-8H2,1-5H3. The molecular formula is C20H26O5. The van der Waals surface area contributed by atoms with Crippen LogP contribution < -0.4 is 23.7 Å². The maximum atomic E-state index is 5.50. The van der Waals surface area contributed by atoms with Crippen LogP contribution in [0.25, 0.3) is 0 Å². The average Bonchev–Trinajstić information content (AvgIpc) is 2.67. The van der Waals surface area contributed by atoms with Gasteiger partial charge in [0.25, 0.3) is 0 Å². The molecule has 2 aromatic rings. The van der Waals surface area contributed by atoms with Gasteiger partial charge in [-0.2, -0.15) is 0 Å². The molecule has 0 aromatic heterocycles. The summed E-state index contributed by atoms with van der Waals surface area (Å²) in [6, 6.07) is 9.77. The number of hydrogen-bond acceptors (Lipinski definition) is 5. The van der Waals surface area contributed by atoms with Crippen molar-refractivity contribution < 1.29 is 23.7 Å². The van der Waals surface area contributed by atoms with Gasteiger partial charge in [0, 0.05) is 17.7 Å². The third-order valence-corrected chi connectivity index (χ3v) is 4.16. The van der Waals surface area contributed by atoms with Gasteiger partial charge in [0.2, 0.25) is 0 Å². The van der Waals surface area contributed by atoms with Gasteiger partial charge in [-0.05, 0) is 37.0 Å². The summed E-state index contributed by atoms with van der Waals surface area (Å²) in [5, 5.41) is 0. The molecule has 5 heteroatoms. The van der Waals surface area contributed by atoms with Gasteiger partial charge in [-0.3, -0.25) is 0 Å². The van der Waals surface area contributed by atoms with Gasteiger partial charge in [0.05, 0.1) is 35.5 Å². The SMILES string of the molecule is COc1cc(OC)c(CCCc2ccc(OC)c(OC)c2)c(OC)c1. The molecule has 0 amide bonds. The van der Waals surface area contributed by atoms with E-state index in [1.807, 2.05) is 24.3 Å². The number of aryl methyl sites for hydroxylation is 1. The fourth-order valence-electron chi connectivity index (χ4n) is 2.83. The predicted octanol–water partition coefficient (Wildman–Crippen LogP) is 3.90. The summed E-state index contributed by atoms with van der Waals surface area (Å²) in [5.41, 5.74) is 2.25. The zero-order chi connectivity index (χ0) is 18.2. The van der Waals surface area contributed by atoms with Crippen molar-refractivity contribution in [2.75, 3.05) is 35.5 Å². The molecule has 0 saturated carbocycles. The van der Waals surface area contributed by atoms with E-state index in [4.69, 9.17) is 23.7 Å². The largest absolute Gasteiger partial charge is 0.496 e.